The average Bonchev–Trinajstić information content (AvgIpc) is 3.30. The second-order valence-electron chi connectivity index (χ2n) is 6.48. The molecular formula is C16H22N2. The molecule has 0 unspecified atom stereocenters. The van der Waals surface area contributed by atoms with Crippen molar-refractivity contribution < 1.29 is 0 Å². The van der Waals surface area contributed by atoms with E-state index in [1.807, 2.05) is 0 Å². The van der Waals surface area contributed by atoms with Crippen LogP contribution in [0.1, 0.15) is 44.1 Å². The Balaban J connectivity index is 1.60. The molecule has 2 saturated carbocycles. The number of benzene rings is 1. The van der Waals surface area contributed by atoms with Crippen molar-refractivity contribution in [2.75, 3.05) is 18.0 Å². The largest absolute Gasteiger partial charge is 0.372 e. The highest BCUT2D eigenvalue weighted by Crippen LogP contribution is 2.63. The molecule has 2 N–H and O–H groups in total. The van der Waals surface area contributed by atoms with Crippen molar-refractivity contribution in [1.29, 1.82) is 0 Å². The van der Waals surface area contributed by atoms with Gasteiger partial charge >= 0.3 is 0 Å². The Bertz CT molecular complexity index is 448. The molecule has 1 heterocycles. The third kappa shape index (κ3) is 1.45. The van der Waals surface area contributed by atoms with Crippen LogP contribution < -0.4 is 10.6 Å². The monoisotopic (exact) mass is 242 g/mol. The molecule has 18 heavy (non-hydrogen) atoms. The van der Waals surface area contributed by atoms with Gasteiger partial charge in [-0.2, -0.15) is 0 Å². The van der Waals surface area contributed by atoms with Gasteiger partial charge in [-0.25, -0.2) is 0 Å². The Labute approximate surface area is 109 Å². The molecule has 0 radical (unpaired) electrons. The summed E-state index contributed by atoms with van der Waals surface area (Å²) < 4.78 is 0. The van der Waals surface area contributed by atoms with E-state index in [4.69, 9.17) is 5.73 Å². The molecule has 3 fully saturated rings. The molecule has 1 aliphatic heterocycles. The van der Waals surface area contributed by atoms with Gasteiger partial charge in [-0.3, -0.25) is 0 Å². The van der Waals surface area contributed by atoms with Crippen molar-refractivity contribution in [3.05, 3.63) is 29.8 Å². The number of nitrogens with two attached hydrogens (primary N) is 1. The standard InChI is InChI=1S/C16H22N2/c17-16(9-10-16)15(7-8-15)13-3-5-14(6-4-13)18-11-1-2-12-18/h3-6H,1-2,7-12,17H2. The van der Waals surface area contributed by atoms with Gasteiger partial charge < -0.3 is 10.6 Å². The molecule has 0 atom stereocenters. The third-order valence-corrected chi connectivity index (χ3v) is 5.38. The summed E-state index contributed by atoms with van der Waals surface area (Å²) in [6, 6.07) is 9.31. The highest BCUT2D eigenvalue weighted by molar-refractivity contribution is 5.51. The fraction of sp³-hybridized carbons (Fsp3) is 0.625. The highest BCUT2D eigenvalue weighted by atomic mass is 15.1. The number of rotatable bonds is 3. The third-order valence-electron chi connectivity index (χ3n) is 5.38. The summed E-state index contributed by atoms with van der Waals surface area (Å²) in [6.45, 7) is 2.45. The summed E-state index contributed by atoms with van der Waals surface area (Å²) in [5.74, 6) is 0. The van der Waals surface area contributed by atoms with Crippen LogP contribution in [0.25, 0.3) is 0 Å². The molecule has 0 spiro atoms. The van der Waals surface area contributed by atoms with Crippen molar-refractivity contribution in [1.82, 2.24) is 0 Å². The first-order chi connectivity index (χ1) is 8.74. The maximum atomic E-state index is 6.47. The molecule has 1 aromatic carbocycles. The van der Waals surface area contributed by atoms with Crippen LogP contribution in [0.2, 0.25) is 0 Å². The van der Waals surface area contributed by atoms with Crippen LogP contribution in [0.3, 0.4) is 0 Å². The van der Waals surface area contributed by atoms with E-state index >= 15 is 0 Å². The molecule has 4 rings (SSSR count). The molecule has 0 amide bonds. The lowest BCUT2D eigenvalue weighted by Gasteiger charge is -2.25. The summed E-state index contributed by atoms with van der Waals surface area (Å²) in [4.78, 5) is 2.50. The zero-order chi connectivity index (χ0) is 12.2. The van der Waals surface area contributed by atoms with Gasteiger partial charge in [-0.1, -0.05) is 12.1 Å². The van der Waals surface area contributed by atoms with Gasteiger partial charge in [0, 0.05) is 29.7 Å². The second-order valence-corrected chi connectivity index (χ2v) is 6.48. The van der Waals surface area contributed by atoms with Gasteiger partial charge in [-0.05, 0) is 56.2 Å². The number of anilines is 1. The predicted molar refractivity (Wildman–Crippen MR) is 75.0 cm³/mol. The molecule has 0 aromatic heterocycles. The van der Waals surface area contributed by atoms with Crippen LogP contribution in [0.15, 0.2) is 24.3 Å². The van der Waals surface area contributed by atoms with E-state index in [0.717, 1.165) is 0 Å². The van der Waals surface area contributed by atoms with Crippen molar-refractivity contribution in [2.24, 2.45) is 5.73 Å². The minimum Gasteiger partial charge on any atom is -0.372 e. The highest BCUT2D eigenvalue weighted by Gasteiger charge is 2.63. The molecule has 2 heteroatoms. The van der Waals surface area contributed by atoms with Gasteiger partial charge in [0.15, 0.2) is 0 Å². The van der Waals surface area contributed by atoms with Gasteiger partial charge in [0.25, 0.3) is 0 Å². The quantitative estimate of drug-likeness (QED) is 0.883. The smallest absolute Gasteiger partial charge is 0.0366 e. The van der Waals surface area contributed by atoms with Crippen LogP contribution >= 0.6 is 0 Å². The molecule has 96 valence electrons. The van der Waals surface area contributed by atoms with E-state index in [1.54, 1.807) is 0 Å². The number of hydrogen-bond donors (Lipinski definition) is 1. The fourth-order valence-corrected chi connectivity index (χ4v) is 3.78. The zero-order valence-electron chi connectivity index (χ0n) is 11.0. The molecule has 1 aromatic rings. The van der Waals surface area contributed by atoms with Crippen LogP contribution in [0.4, 0.5) is 5.69 Å². The molecule has 0 bridgehead atoms. The van der Waals surface area contributed by atoms with Crippen LogP contribution in [0, 0.1) is 0 Å². The second kappa shape index (κ2) is 3.51. The Hall–Kier alpha value is -1.02. The topological polar surface area (TPSA) is 29.3 Å². The van der Waals surface area contributed by atoms with E-state index in [1.165, 1.54) is 62.9 Å². The van der Waals surface area contributed by atoms with Gasteiger partial charge in [0.1, 0.15) is 0 Å². The van der Waals surface area contributed by atoms with Gasteiger partial charge in [0.2, 0.25) is 0 Å². The molecule has 2 aliphatic carbocycles. The molecule has 3 aliphatic rings. The maximum absolute atomic E-state index is 6.47. The number of nitrogens with zero attached hydrogens (tertiary/aromatic N) is 1. The van der Waals surface area contributed by atoms with Crippen LogP contribution in [-0.2, 0) is 5.41 Å². The Morgan fingerprint density at radius 1 is 0.889 bits per heavy atom. The first-order valence-electron chi connectivity index (χ1n) is 7.38. The number of hydrogen-bond acceptors (Lipinski definition) is 2. The van der Waals surface area contributed by atoms with Gasteiger partial charge in [-0.15, -0.1) is 0 Å². The van der Waals surface area contributed by atoms with E-state index in [-0.39, 0.29) is 5.54 Å². The van der Waals surface area contributed by atoms with E-state index in [9.17, 15) is 0 Å². The van der Waals surface area contributed by atoms with Crippen LogP contribution in [0.5, 0.6) is 0 Å². The van der Waals surface area contributed by atoms with Crippen molar-refractivity contribution in [3.8, 4) is 0 Å². The van der Waals surface area contributed by atoms with Gasteiger partial charge in [0.05, 0.1) is 0 Å². The molecule has 1 saturated heterocycles. The Morgan fingerprint density at radius 3 is 2.00 bits per heavy atom. The lowest BCUT2D eigenvalue weighted by atomic mass is 9.86. The van der Waals surface area contributed by atoms with E-state index in [2.05, 4.69) is 29.2 Å². The minimum atomic E-state index is 0.141. The normalized spacial score (nSPS) is 27.3. The lowest BCUT2D eigenvalue weighted by Crippen LogP contribution is -2.37. The first-order valence-corrected chi connectivity index (χ1v) is 7.38. The molecule has 2 nitrogen and oxygen atoms in total. The maximum Gasteiger partial charge on any atom is 0.0366 e. The lowest BCUT2D eigenvalue weighted by molar-refractivity contribution is 0.503. The summed E-state index contributed by atoms with van der Waals surface area (Å²) in [7, 11) is 0. The van der Waals surface area contributed by atoms with Crippen molar-refractivity contribution in [2.45, 2.75) is 49.5 Å². The Morgan fingerprint density at radius 2 is 1.50 bits per heavy atom. The minimum absolute atomic E-state index is 0.141. The van der Waals surface area contributed by atoms with E-state index < -0.39 is 0 Å². The van der Waals surface area contributed by atoms with Crippen LogP contribution in [-0.4, -0.2) is 18.6 Å². The SMILES string of the molecule is NC1(C2(c3ccc(N4CCCC4)cc3)CC2)CC1. The first kappa shape index (κ1) is 10.9. The van der Waals surface area contributed by atoms with Crippen molar-refractivity contribution in [3.63, 3.8) is 0 Å². The predicted octanol–water partition coefficient (Wildman–Crippen LogP) is 2.81. The summed E-state index contributed by atoms with van der Waals surface area (Å²) in [5.41, 5.74) is 9.84. The van der Waals surface area contributed by atoms with Crippen molar-refractivity contribution >= 4 is 5.69 Å². The molecular weight excluding hydrogens is 220 g/mol. The summed E-state index contributed by atoms with van der Waals surface area (Å²) in [6.07, 6.45) is 7.73. The summed E-state index contributed by atoms with van der Waals surface area (Å²) in [5, 5.41) is 0. The summed E-state index contributed by atoms with van der Waals surface area (Å²) >= 11 is 0. The fourth-order valence-electron chi connectivity index (χ4n) is 3.78. The van der Waals surface area contributed by atoms with E-state index in [0.29, 0.717) is 5.41 Å². The Kier molecular flexibility index (Phi) is 2.12. The zero-order valence-corrected chi connectivity index (χ0v) is 11.0. The average molecular weight is 242 g/mol.